The lowest BCUT2D eigenvalue weighted by Gasteiger charge is -2.11. The summed E-state index contributed by atoms with van der Waals surface area (Å²) < 4.78 is 40.7. The average Bonchev–Trinajstić information content (AvgIpc) is 2.85. The molecule has 0 spiro atoms. The second kappa shape index (κ2) is 5.63. The van der Waals surface area contributed by atoms with Crippen LogP contribution in [0, 0.1) is 6.92 Å². The van der Waals surface area contributed by atoms with Gasteiger partial charge in [0, 0.05) is 25.4 Å². The lowest BCUT2D eigenvalue weighted by Crippen LogP contribution is -2.16. The Labute approximate surface area is 119 Å². The summed E-state index contributed by atoms with van der Waals surface area (Å²) in [5.74, 6) is 0.909. The van der Waals surface area contributed by atoms with Crippen LogP contribution in [0.2, 0.25) is 0 Å². The van der Waals surface area contributed by atoms with Crippen LogP contribution in [0.15, 0.2) is 0 Å². The lowest BCUT2D eigenvalue weighted by atomic mass is 10.3. The first-order chi connectivity index (χ1) is 9.37. The zero-order valence-electron chi connectivity index (χ0n) is 11.3. The van der Waals surface area contributed by atoms with Crippen molar-refractivity contribution >= 4 is 22.8 Å². The summed E-state index contributed by atoms with van der Waals surface area (Å²) in [4.78, 5) is 4.40. The second-order valence-electron chi connectivity index (χ2n) is 4.56. The van der Waals surface area contributed by atoms with Gasteiger partial charge in [0.15, 0.2) is 5.65 Å². The normalized spacial score (nSPS) is 12.5. The van der Waals surface area contributed by atoms with E-state index >= 15 is 0 Å². The zero-order chi connectivity index (χ0) is 14.9. The van der Waals surface area contributed by atoms with Crippen molar-refractivity contribution < 1.29 is 13.2 Å². The third kappa shape index (κ3) is 2.92. The molecule has 0 saturated heterocycles. The SMILES string of the molecule is CCn1nc(C)c2nc(CCCl)n(CCC(F)(F)F)c21. The van der Waals surface area contributed by atoms with Crippen molar-refractivity contribution in [1.29, 1.82) is 0 Å². The van der Waals surface area contributed by atoms with Gasteiger partial charge in [-0.25, -0.2) is 9.67 Å². The number of aryl methyl sites for hydroxylation is 4. The molecular formula is C12H16ClF3N4. The predicted molar refractivity (Wildman–Crippen MR) is 71.0 cm³/mol. The molecule has 0 atom stereocenters. The van der Waals surface area contributed by atoms with E-state index in [0.717, 1.165) is 5.69 Å². The van der Waals surface area contributed by atoms with E-state index < -0.39 is 12.6 Å². The van der Waals surface area contributed by atoms with Gasteiger partial charge in [-0.3, -0.25) is 0 Å². The van der Waals surface area contributed by atoms with Gasteiger partial charge in [0.2, 0.25) is 0 Å². The van der Waals surface area contributed by atoms with Crippen LogP contribution < -0.4 is 0 Å². The van der Waals surface area contributed by atoms with Gasteiger partial charge in [0.25, 0.3) is 0 Å². The largest absolute Gasteiger partial charge is 0.390 e. The first-order valence-electron chi connectivity index (χ1n) is 6.42. The third-order valence-corrected chi connectivity index (χ3v) is 3.30. The fourth-order valence-corrected chi connectivity index (χ4v) is 2.41. The highest BCUT2D eigenvalue weighted by Crippen LogP contribution is 2.25. The fraction of sp³-hybridized carbons (Fsp3) is 0.667. The molecule has 0 amide bonds. The maximum absolute atomic E-state index is 12.5. The first kappa shape index (κ1) is 15.2. The van der Waals surface area contributed by atoms with Crippen molar-refractivity contribution in [2.45, 2.75) is 46.0 Å². The van der Waals surface area contributed by atoms with Gasteiger partial charge < -0.3 is 4.57 Å². The zero-order valence-corrected chi connectivity index (χ0v) is 12.1. The maximum Gasteiger partial charge on any atom is 0.390 e. The Bertz CT molecular complexity index is 600. The van der Waals surface area contributed by atoms with Crippen molar-refractivity contribution in [3.05, 3.63) is 11.5 Å². The first-order valence-corrected chi connectivity index (χ1v) is 6.96. The highest BCUT2D eigenvalue weighted by Gasteiger charge is 2.28. The lowest BCUT2D eigenvalue weighted by molar-refractivity contribution is -0.136. The van der Waals surface area contributed by atoms with Crippen LogP contribution in [0.3, 0.4) is 0 Å². The molecular weight excluding hydrogens is 293 g/mol. The van der Waals surface area contributed by atoms with E-state index in [1.54, 1.807) is 16.2 Å². The topological polar surface area (TPSA) is 35.6 Å². The van der Waals surface area contributed by atoms with Crippen LogP contribution in [0.5, 0.6) is 0 Å². The summed E-state index contributed by atoms with van der Waals surface area (Å²) >= 11 is 5.71. The molecule has 8 heteroatoms. The summed E-state index contributed by atoms with van der Waals surface area (Å²) in [7, 11) is 0. The minimum absolute atomic E-state index is 0.155. The monoisotopic (exact) mass is 308 g/mol. The molecule has 0 fully saturated rings. The molecule has 0 aliphatic rings. The van der Waals surface area contributed by atoms with Gasteiger partial charge in [-0.2, -0.15) is 18.3 Å². The predicted octanol–water partition coefficient (Wildman–Crippen LogP) is 3.29. The van der Waals surface area contributed by atoms with E-state index in [1.807, 2.05) is 6.92 Å². The summed E-state index contributed by atoms with van der Waals surface area (Å²) in [6.45, 7) is 4.13. The molecule has 20 heavy (non-hydrogen) atoms. The molecule has 0 bridgehead atoms. The van der Waals surface area contributed by atoms with Gasteiger partial charge in [-0.05, 0) is 13.8 Å². The number of fused-ring (bicyclic) bond motifs is 1. The Kier molecular flexibility index (Phi) is 4.27. The maximum atomic E-state index is 12.5. The molecule has 0 aliphatic heterocycles. The minimum atomic E-state index is -4.19. The van der Waals surface area contributed by atoms with Crippen molar-refractivity contribution in [1.82, 2.24) is 19.3 Å². The van der Waals surface area contributed by atoms with Gasteiger partial charge in [0.1, 0.15) is 11.3 Å². The number of hydrogen-bond acceptors (Lipinski definition) is 2. The van der Waals surface area contributed by atoms with E-state index in [4.69, 9.17) is 11.6 Å². The molecule has 2 aromatic rings. The van der Waals surface area contributed by atoms with E-state index in [0.29, 0.717) is 35.8 Å². The number of rotatable bonds is 5. The van der Waals surface area contributed by atoms with Crippen molar-refractivity contribution in [2.75, 3.05) is 5.88 Å². The molecule has 0 N–H and O–H groups in total. The Morgan fingerprint density at radius 1 is 1.30 bits per heavy atom. The highest BCUT2D eigenvalue weighted by atomic mass is 35.5. The van der Waals surface area contributed by atoms with E-state index in [9.17, 15) is 13.2 Å². The number of hydrogen-bond donors (Lipinski definition) is 0. The van der Waals surface area contributed by atoms with Crippen LogP contribution in [0.25, 0.3) is 11.2 Å². The van der Waals surface area contributed by atoms with Crippen molar-refractivity contribution in [3.8, 4) is 0 Å². The third-order valence-electron chi connectivity index (χ3n) is 3.11. The molecule has 0 radical (unpaired) electrons. The molecule has 2 rings (SSSR count). The molecule has 0 aromatic carbocycles. The highest BCUT2D eigenvalue weighted by molar-refractivity contribution is 6.17. The smallest absolute Gasteiger partial charge is 0.313 e. The number of imidazole rings is 1. The number of nitrogens with zero attached hydrogens (tertiary/aromatic N) is 4. The summed E-state index contributed by atoms with van der Waals surface area (Å²) in [5.41, 5.74) is 2.03. The van der Waals surface area contributed by atoms with Gasteiger partial charge >= 0.3 is 6.18 Å². The Morgan fingerprint density at radius 3 is 2.55 bits per heavy atom. The van der Waals surface area contributed by atoms with Crippen LogP contribution in [0.4, 0.5) is 13.2 Å². The van der Waals surface area contributed by atoms with Crippen molar-refractivity contribution in [3.63, 3.8) is 0 Å². The van der Waals surface area contributed by atoms with Crippen molar-refractivity contribution in [2.24, 2.45) is 0 Å². The van der Waals surface area contributed by atoms with E-state index in [1.165, 1.54) is 0 Å². The summed E-state index contributed by atoms with van der Waals surface area (Å²) in [6, 6.07) is 0. The molecule has 0 aliphatic carbocycles. The van der Waals surface area contributed by atoms with Crippen LogP contribution in [0.1, 0.15) is 24.9 Å². The van der Waals surface area contributed by atoms with Gasteiger partial charge in [-0.15, -0.1) is 11.6 Å². The molecule has 2 heterocycles. The Morgan fingerprint density at radius 2 is 2.00 bits per heavy atom. The number of aromatic nitrogens is 4. The quantitative estimate of drug-likeness (QED) is 0.795. The second-order valence-corrected chi connectivity index (χ2v) is 4.94. The Hall–Kier alpha value is -1.24. The molecule has 0 unspecified atom stereocenters. The van der Waals surface area contributed by atoms with Gasteiger partial charge in [0.05, 0.1) is 12.1 Å². The van der Waals surface area contributed by atoms with Crippen LogP contribution in [-0.4, -0.2) is 31.4 Å². The van der Waals surface area contributed by atoms with Gasteiger partial charge in [-0.1, -0.05) is 0 Å². The molecule has 4 nitrogen and oxygen atoms in total. The average molecular weight is 309 g/mol. The number of halogens is 4. The molecule has 2 aromatic heterocycles. The summed E-state index contributed by atoms with van der Waals surface area (Å²) in [6.07, 6.45) is -4.64. The molecule has 112 valence electrons. The fourth-order valence-electron chi connectivity index (χ4n) is 2.24. The minimum Gasteiger partial charge on any atom is -0.313 e. The van der Waals surface area contributed by atoms with Crippen LogP contribution in [-0.2, 0) is 19.5 Å². The number of alkyl halides is 4. The molecule has 0 saturated carbocycles. The van der Waals surface area contributed by atoms with E-state index in [-0.39, 0.29) is 6.54 Å². The summed E-state index contributed by atoms with van der Waals surface area (Å²) in [5, 5.41) is 4.29. The van der Waals surface area contributed by atoms with E-state index in [2.05, 4.69) is 10.1 Å². The van der Waals surface area contributed by atoms with Crippen LogP contribution >= 0.6 is 11.6 Å². The standard InChI is InChI=1S/C12H16ClF3N4/c1-3-20-11-10(8(2)18-20)17-9(4-6-13)19(11)7-5-12(14,15)16/h3-7H2,1-2H3. The Balaban J connectivity index is 2.49.